The van der Waals surface area contributed by atoms with Crippen LogP contribution in [-0.4, -0.2) is 0 Å². The minimum Gasteiger partial charge on any atom is -0.0651 e. The second-order valence-electron chi connectivity index (χ2n) is 8.11. The molecule has 0 saturated heterocycles. The first kappa shape index (κ1) is 14.0. The lowest BCUT2D eigenvalue weighted by molar-refractivity contribution is 0.293. The van der Waals surface area contributed by atoms with Crippen molar-refractivity contribution in [2.24, 2.45) is 35.5 Å². The summed E-state index contributed by atoms with van der Waals surface area (Å²) in [7, 11) is 0. The van der Waals surface area contributed by atoms with Crippen molar-refractivity contribution < 1.29 is 0 Å². The molecule has 0 radical (unpaired) electrons. The number of fused-ring (bicyclic) bond motifs is 1. The van der Waals surface area contributed by atoms with Crippen LogP contribution in [0.4, 0.5) is 0 Å². The number of hydrogen-bond donors (Lipinski definition) is 0. The molecular weight excluding hydrogens is 228 g/mol. The van der Waals surface area contributed by atoms with Crippen molar-refractivity contribution in [1.82, 2.24) is 0 Å². The molecule has 0 bridgehead atoms. The summed E-state index contributed by atoms with van der Waals surface area (Å²) >= 11 is 0. The van der Waals surface area contributed by atoms with Gasteiger partial charge >= 0.3 is 0 Å². The Labute approximate surface area is 120 Å². The Bertz CT molecular complexity index is 282. The van der Waals surface area contributed by atoms with Crippen molar-refractivity contribution >= 4 is 0 Å². The van der Waals surface area contributed by atoms with E-state index in [-0.39, 0.29) is 0 Å². The third kappa shape index (κ3) is 3.76. The minimum absolute atomic E-state index is 1.05. The molecule has 3 aliphatic rings. The molecule has 3 fully saturated rings. The normalized spacial score (nSPS) is 41.7. The highest BCUT2D eigenvalue weighted by Crippen LogP contribution is 2.54. The van der Waals surface area contributed by atoms with Crippen molar-refractivity contribution in [2.75, 3.05) is 0 Å². The van der Waals surface area contributed by atoms with Gasteiger partial charge in [0.05, 0.1) is 0 Å². The van der Waals surface area contributed by atoms with Gasteiger partial charge in [-0.15, -0.1) is 0 Å². The van der Waals surface area contributed by atoms with Crippen molar-refractivity contribution in [1.29, 1.82) is 0 Å². The molecule has 6 atom stereocenters. The van der Waals surface area contributed by atoms with Crippen LogP contribution in [0.1, 0.15) is 84.5 Å². The summed E-state index contributed by atoms with van der Waals surface area (Å²) in [6.07, 6.45) is 16.9. The van der Waals surface area contributed by atoms with Gasteiger partial charge < -0.3 is 0 Å². The van der Waals surface area contributed by atoms with Gasteiger partial charge in [-0.1, -0.05) is 65.2 Å². The molecule has 4 unspecified atom stereocenters. The zero-order valence-corrected chi connectivity index (χ0v) is 13.2. The second kappa shape index (κ2) is 6.19. The quantitative estimate of drug-likeness (QED) is 0.499. The van der Waals surface area contributed by atoms with Crippen molar-refractivity contribution in [3.63, 3.8) is 0 Å². The van der Waals surface area contributed by atoms with E-state index >= 15 is 0 Å². The average Bonchev–Trinajstić information content (AvgIpc) is 3.30. The molecule has 3 saturated carbocycles. The SMILES string of the molecule is CCC(CCC[C@H]1CCCC2C[C@H]21)CCC1CC1C. The van der Waals surface area contributed by atoms with Gasteiger partial charge in [-0.2, -0.15) is 0 Å². The molecule has 0 aromatic carbocycles. The zero-order valence-electron chi connectivity index (χ0n) is 13.2. The highest BCUT2D eigenvalue weighted by molar-refractivity contribution is 4.94. The van der Waals surface area contributed by atoms with Crippen LogP contribution in [0.5, 0.6) is 0 Å². The highest BCUT2D eigenvalue weighted by atomic mass is 14.5. The summed E-state index contributed by atoms with van der Waals surface area (Å²) in [6, 6.07) is 0. The van der Waals surface area contributed by atoms with E-state index in [4.69, 9.17) is 0 Å². The third-order valence-electron chi connectivity index (χ3n) is 6.72. The van der Waals surface area contributed by atoms with Gasteiger partial charge in [0.1, 0.15) is 0 Å². The van der Waals surface area contributed by atoms with Crippen LogP contribution in [0.15, 0.2) is 0 Å². The van der Waals surface area contributed by atoms with E-state index in [1.165, 1.54) is 50.4 Å². The van der Waals surface area contributed by atoms with Crippen LogP contribution in [0.2, 0.25) is 0 Å². The van der Waals surface area contributed by atoms with Crippen LogP contribution < -0.4 is 0 Å². The molecular formula is C19H34. The predicted octanol–water partition coefficient (Wildman–Crippen LogP) is 6.06. The molecule has 3 rings (SSSR count). The fourth-order valence-electron chi connectivity index (χ4n) is 4.87. The lowest BCUT2D eigenvalue weighted by Crippen LogP contribution is -2.10. The van der Waals surface area contributed by atoms with Crippen molar-refractivity contribution in [3.05, 3.63) is 0 Å². The first-order chi connectivity index (χ1) is 9.28. The van der Waals surface area contributed by atoms with Gasteiger partial charge in [0, 0.05) is 0 Å². The number of rotatable bonds is 8. The Balaban J connectivity index is 1.29. The molecule has 0 amide bonds. The van der Waals surface area contributed by atoms with E-state index in [1.54, 1.807) is 32.1 Å². The van der Waals surface area contributed by atoms with Gasteiger partial charge in [-0.25, -0.2) is 0 Å². The van der Waals surface area contributed by atoms with Gasteiger partial charge in [-0.05, 0) is 54.8 Å². The Hall–Kier alpha value is 0. The maximum atomic E-state index is 2.43. The largest absolute Gasteiger partial charge is 0.0651 e. The fourth-order valence-corrected chi connectivity index (χ4v) is 4.87. The van der Waals surface area contributed by atoms with Crippen LogP contribution in [-0.2, 0) is 0 Å². The van der Waals surface area contributed by atoms with Crippen molar-refractivity contribution in [2.45, 2.75) is 84.5 Å². The molecule has 0 aromatic heterocycles. The summed E-state index contributed by atoms with van der Waals surface area (Å²) in [6.45, 7) is 4.85. The highest BCUT2D eigenvalue weighted by Gasteiger charge is 2.44. The summed E-state index contributed by atoms with van der Waals surface area (Å²) in [5.74, 6) is 6.72. The molecule has 0 heteroatoms. The summed E-state index contributed by atoms with van der Waals surface area (Å²) in [4.78, 5) is 0. The third-order valence-corrected chi connectivity index (χ3v) is 6.72. The van der Waals surface area contributed by atoms with Gasteiger partial charge in [-0.3, -0.25) is 0 Å². The summed E-state index contributed by atoms with van der Waals surface area (Å²) < 4.78 is 0. The lowest BCUT2D eigenvalue weighted by atomic mass is 9.83. The minimum atomic E-state index is 1.05. The summed E-state index contributed by atoms with van der Waals surface area (Å²) in [5.41, 5.74) is 0. The van der Waals surface area contributed by atoms with Crippen molar-refractivity contribution in [3.8, 4) is 0 Å². The van der Waals surface area contributed by atoms with E-state index in [1.807, 2.05) is 0 Å². The van der Waals surface area contributed by atoms with Gasteiger partial charge in [0.2, 0.25) is 0 Å². The molecule has 3 aliphatic carbocycles. The van der Waals surface area contributed by atoms with E-state index in [0.29, 0.717) is 0 Å². The topological polar surface area (TPSA) is 0 Å². The fraction of sp³-hybridized carbons (Fsp3) is 1.00. The molecule has 0 N–H and O–H groups in total. The first-order valence-corrected chi connectivity index (χ1v) is 9.28. The second-order valence-corrected chi connectivity index (χ2v) is 8.11. The predicted molar refractivity (Wildman–Crippen MR) is 83.1 cm³/mol. The Kier molecular flexibility index (Phi) is 4.54. The van der Waals surface area contributed by atoms with Crippen LogP contribution in [0.3, 0.4) is 0 Å². The molecule has 19 heavy (non-hydrogen) atoms. The summed E-state index contributed by atoms with van der Waals surface area (Å²) in [5, 5.41) is 0. The molecule has 0 spiro atoms. The van der Waals surface area contributed by atoms with E-state index in [9.17, 15) is 0 Å². The van der Waals surface area contributed by atoms with Gasteiger partial charge in [0.15, 0.2) is 0 Å². The molecule has 0 aromatic rings. The average molecular weight is 262 g/mol. The van der Waals surface area contributed by atoms with E-state index < -0.39 is 0 Å². The van der Waals surface area contributed by atoms with Crippen LogP contribution in [0.25, 0.3) is 0 Å². The van der Waals surface area contributed by atoms with Crippen LogP contribution in [0, 0.1) is 35.5 Å². The first-order valence-electron chi connectivity index (χ1n) is 9.28. The Morgan fingerprint density at radius 2 is 1.84 bits per heavy atom. The Morgan fingerprint density at radius 1 is 1.00 bits per heavy atom. The lowest BCUT2D eigenvalue weighted by Gasteiger charge is -2.22. The standard InChI is InChI=1S/C19H34/c1-3-15(10-11-17-12-14(17)2)6-4-7-16-8-5-9-18-13-19(16)18/h14-19H,3-13H2,1-2H3/t14?,15?,16-,17?,18?,19-/m0/s1. The molecule has 0 heterocycles. The molecule has 110 valence electrons. The molecule has 0 nitrogen and oxygen atoms in total. The van der Waals surface area contributed by atoms with E-state index in [2.05, 4.69) is 13.8 Å². The van der Waals surface area contributed by atoms with Crippen LogP contribution >= 0.6 is 0 Å². The van der Waals surface area contributed by atoms with Gasteiger partial charge in [0.25, 0.3) is 0 Å². The Morgan fingerprint density at radius 3 is 2.58 bits per heavy atom. The maximum absolute atomic E-state index is 2.43. The molecule has 0 aliphatic heterocycles. The smallest absolute Gasteiger partial charge is 0.0355 e. The maximum Gasteiger partial charge on any atom is -0.0355 e. The van der Waals surface area contributed by atoms with E-state index in [0.717, 1.165) is 23.7 Å². The number of hydrogen-bond acceptors (Lipinski definition) is 0. The zero-order chi connectivity index (χ0) is 13.2. The monoisotopic (exact) mass is 262 g/mol.